The van der Waals surface area contributed by atoms with Gasteiger partial charge in [-0.25, -0.2) is 13.6 Å². The van der Waals surface area contributed by atoms with E-state index in [9.17, 15) is 18.4 Å². The van der Waals surface area contributed by atoms with Gasteiger partial charge in [-0.15, -0.1) is 0 Å². The number of carbonyl (C=O) groups excluding carboxylic acids is 1. The van der Waals surface area contributed by atoms with Crippen LogP contribution in [0.5, 0.6) is 0 Å². The molecule has 0 spiro atoms. The van der Waals surface area contributed by atoms with E-state index < -0.39 is 29.1 Å². The summed E-state index contributed by atoms with van der Waals surface area (Å²) in [6.45, 7) is 1.54. The van der Waals surface area contributed by atoms with Crippen molar-refractivity contribution >= 4 is 21.9 Å². The highest BCUT2D eigenvalue weighted by Crippen LogP contribution is 2.19. The molecular weight excluding hydrogens is 300 g/mol. The molecule has 1 aromatic rings. The molecule has 0 aliphatic rings. The fraction of sp³-hybridized carbons (Fsp3) is 0.400. The number of carbonyl (C=O) groups is 1. The molecule has 0 aromatic carbocycles. The van der Waals surface area contributed by atoms with Crippen molar-refractivity contribution in [2.45, 2.75) is 18.7 Å². The fourth-order valence-electron chi connectivity index (χ4n) is 1.26. The molecule has 0 saturated heterocycles. The fourth-order valence-corrected chi connectivity index (χ4v) is 1.68. The minimum atomic E-state index is -2.94. The van der Waals surface area contributed by atoms with Crippen LogP contribution in [0.15, 0.2) is 11.0 Å². The zero-order valence-electron chi connectivity index (χ0n) is 8.93. The molecule has 1 N–H and O–H groups in total. The summed E-state index contributed by atoms with van der Waals surface area (Å²) >= 11 is 3.03. The first-order valence-electron chi connectivity index (χ1n) is 4.78. The van der Waals surface area contributed by atoms with Crippen LogP contribution in [0, 0.1) is 0 Å². The first-order chi connectivity index (χ1) is 8.02. The number of ether oxygens (including phenoxy) is 1. The predicted molar refractivity (Wildman–Crippen MR) is 60.6 cm³/mol. The lowest BCUT2D eigenvalue weighted by atomic mass is 10.1. The highest BCUT2D eigenvalue weighted by molar-refractivity contribution is 9.08. The Morgan fingerprint density at radius 3 is 2.71 bits per heavy atom. The maximum atomic E-state index is 12.7. The number of aromatic amines is 1. The van der Waals surface area contributed by atoms with Gasteiger partial charge in [0, 0.05) is 17.1 Å². The number of hydrogen-bond acceptors (Lipinski definition) is 3. The van der Waals surface area contributed by atoms with Gasteiger partial charge in [0.2, 0.25) is 5.43 Å². The summed E-state index contributed by atoms with van der Waals surface area (Å²) in [5.41, 5.74) is -1.89. The number of esters is 1. The average molecular weight is 310 g/mol. The Morgan fingerprint density at radius 2 is 2.24 bits per heavy atom. The summed E-state index contributed by atoms with van der Waals surface area (Å²) in [5.74, 6) is -1.04. The van der Waals surface area contributed by atoms with Crippen molar-refractivity contribution < 1.29 is 18.3 Å². The Bertz CT molecular complexity index is 473. The van der Waals surface area contributed by atoms with Crippen LogP contribution in [-0.2, 0) is 10.1 Å². The molecule has 1 rings (SSSR count). The van der Waals surface area contributed by atoms with E-state index in [2.05, 4.69) is 25.7 Å². The van der Waals surface area contributed by atoms with Crippen LogP contribution >= 0.6 is 15.9 Å². The van der Waals surface area contributed by atoms with Gasteiger partial charge in [-0.05, 0) is 6.92 Å². The van der Waals surface area contributed by atoms with Gasteiger partial charge < -0.3 is 9.72 Å². The van der Waals surface area contributed by atoms with Crippen LogP contribution in [0.1, 0.15) is 35.0 Å². The van der Waals surface area contributed by atoms with Gasteiger partial charge in [-0.3, -0.25) is 4.79 Å². The molecule has 7 heteroatoms. The normalized spacial score (nSPS) is 10.6. The zero-order chi connectivity index (χ0) is 13.0. The highest BCUT2D eigenvalue weighted by Gasteiger charge is 2.24. The van der Waals surface area contributed by atoms with Gasteiger partial charge in [-0.1, -0.05) is 15.9 Å². The molecule has 0 atom stereocenters. The number of hydrogen-bond donors (Lipinski definition) is 1. The third-order valence-corrected chi connectivity index (χ3v) is 2.64. The standard InChI is InChI=1S/C10H10BrF2NO3/c1-2-17-10(16)6-7(9(12)13)14-4-5(3-11)8(6)15/h4,9H,2-3H2,1H3,(H,14,15). The van der Waals surface area contributed by atoms with E-state index in [4.69, 9.17) is 0 Å². The second-order valence-corrected chi connectivity index (χ2v) is 3.65. The van der Waals surface area contributed by atoms with Crippen molar-refractivity contribution in [3.05, 3.63) is 33.2 Å². The number of H-pyrrole nitrogens is 1. The van der Waals surface area contributed by atoms with E-state index in [0.29, 0.717) is 0 Å². The SMILES string of the molecule is CCOC(=O)c1c(C(F)F)[nH]cc(CBr)c1=O. The first kappa shape index (κ1) is 13.8. The summed E-state index contributed by atoms with van der Waals surface area (Å²) in [7, 11) is 0. The predicted octanol–water partition coefficient (Wildman–Crippen LogP) is 2.38. The molecule has 0 aliphatic carbocycles. The lowest BCUT2D eigenvalue weighted by Crippen LogP contribution is -2.24. The number of nitrogens with one attached hydrogen (secondary N) is 1. The van der Waals surface area contributed by atoms with E-state index >= 15 is 0 Å². The van der Waals surface area contributed by atoms with E-state index in [1.165, 1.54) is 6.92 Å². The van der Waals surface area contributed by atoms with Gasteiger partial charge in [0.1, 0.15) is 11.3 Å². The lowest BCUT2D eigenvalue weighted by Gasteiger charge is -2.08. The minimum absolute atomic E-state index is 0.0134. The average Bonchev–Trinajstić information content (AvgIpc) is 2.28. The van der Waals surface area contributed by atoms with Crippen molar-refractivity contribution in [3.8, 4) is 0 Å². The summed E-state index contributed by atoms with van der Waals surface area (Å²) in [5, 5.41) is 0.165. The molecular formula is C10H10BrF2NO3. The van der Waals surface area contributed by atoms with Gasteiger partial charge >= 0.3 is 5.97 Å². The zero-order valence-corrected chi connectivity index (χ0v) is 10.5. The number of aromatic nitrogens is 1. The van der Waals surface area contributed by atoms with Crippen LogP contribution in [0.25, 0.3) is 0 Å². The van der Waals surface area contributed by atoms with Crippen LogP contribution in [0.4, 0.5) is 8.78 Å². The Morgan fingerprint density at radius 1 is 1.59 bits per heavy atom. The Kier molecular flexibility index (Phi) is 4.80. The number of rotatable bonds is 4. The summed E-state index contributed by atoms with van der Waals surface area (Å²) in [4.78, 5) is 25.5. The van der Waals surface area contributed by atoms with Crippen molar-refractivity contribution in [1.82, 2.24) is 4.98 Å². The van der Waals surface area contributed by atoms with Crippen molar-refractivity contribution in [2.75, 3.05) is 6.61 Å². The topological polar surface area (TPSA) is 59.2 Å². The van der Waals surface area contributed by atoms with Gasteiger partial charge in [0.05, 0.1) is 6.61 Å². The van der Waals surface area contributed by atoms with Crippen molar-refractivity contribution in [1.29, 1.82) is 0 Å². The van der Waals surface area contributed by atoms with Gasteiger partial charge in [0.15, 0.2) is 0 Å². The van der Waals surface area contributed by atoms with Crippen molar-refractivity contribution in [3.63, 3.8) is 0 Å². The van der Waals surface area contributed by atoms with Crippen LogP contribution < -0.4 is 5.43 Å². The molecule has 94 valence electrons. The third-order valence-electron chi connectivity index (χ3n) is 2.03. The molecule has 1 heterocycles. The summed E-state index contributed by atoms with van der Waals surface area (Å²) in [6.07, 6.45) is -1.78. The Hall–Kier alpha value is -1.24. The second kappa shape index (κ2) is 5.90. The summed E-state index contributed by atoms with van der Waals surface area (Å²) in [6, 6.07) is 0. The van der Waals surface area contributed by atoms with E-state index in [1.54, 1.807) is 0 Å². The number of alkyl halides is 3. The molecule has 0 fully saturated rings. The van der Waals surface area contributed by atoms with Crippen LogP contribution in [0.3, 0.4) is 0 Å². The molecule has 0 bridgehead atoms. The molecule has 0 saturated carbocycles. The third kappa shape index (κ3) is 2.91. The van der Waals surface area contributed by atoms with Gasteiger partial charge in [-0.2, -0.15) is 0 Å². The summed E-state index contributed by atoms with van der Waals surface area (Å²) < 4.78 is 29.9. The van der Waals surface area contributed by atoms with Crippen LogP contribution in [-0.4, -0.2) is 17.6 Å². The highest BCUT2D eigenvalue weighted by atomic mass is 79.9. The maximum absolute atomic E-state index is 12.7. The van der Waals surface area contributed by atoms with Crippen molar-refractivity contribution in [2.24, 2.45) is 0 Å². The number of halogens is 3. The minimum Gasteiger partial charge on any atom is -0.462 e. The molecule has 1 aromatic heterocycles. The smallest absolute Gasteiger partial charge is 0.344 e. The van der Waals surface area contributed by atoms with E-state index in [1.807, 2.05) is 0 Å². The Labute approximate surface area is 104 Å². The van der Waals surface area contributed by atoms with Crippen LogP contribution in [0.2, 0.25) is 0 Å². The molecule has 0 unspecified atom stereocenters. The lowest BCUT2D eigenvalue weighted by molar-refractivity contribution is 0.0511. The molecule has 0 amide bonds. The Balaban J connectivity index is 3.40. The largest absolute Gasteiger partial charge is 0.462 e. The van der Waals surface area contributed by atoms with E-state index in [0.717, 1.165) is 6.20 Å². The second-order valence-electron chi connectivity index (χ2n) is 3.09. The molecule has 0 radical (unpaired) electrons. The maximum Gasteiger partial charge on any atom is 0.344 e. The molecule has 17 heavy (non-hydrogen) atoms. The monoisotopic (exact) mass is 309 g/mol. The number of pyridine rings is 1. The first-order valence-corrected chi connectivity index (χ1v) is 5.90. The quantitative estimate of drug-likeness (QED) is 0.686. The molecule has 4 nitrogen and oxygen atoms in total. The van der Waals surface area contributed by atoms with E-state index in [-0.39, 0.29) is 17.5 Å². The van der Waals surface area contributed by atoms with Gasteiger partial charge in [0.25, 0.3) is 6.43 Å². The molecule has 0 aliphatic heterocycles.